The quantitative estimate of drug-likeness (QED) is 0.842. The topological polar surface area (TPSA) is 109 Å². The van der Waals surface area contributed by atoms with Gasteiger partial charge in [-0.15, -0.1) is 12.4 Å². The zero-order valence-corrected chi connectivity index (χ0v) is 13.2. The van der Waals surface area contributed by atoms with Gasteiger partial charge in [0.15, 0.2) is 0 Å². The van der Waals surface area contributed by atoms with E-state index in [0.717, 1.165) is 25.7 Å². The third-order valence-electron chi connectivity index (χ3n) is 3.68. The average molecular weight is 331 g/mol. The molecule has 1 atom stereocenters. The Balaban J connectivity index is 0.00000220. The molecular formula is C13H19ClN4O2S. The van der Waals surface area contributed by atoms with Crippen molar-refractivity contribution in [2.75, 3.05) is 6.54 Å². The van der Waals surface area contributed by atoms with Crippen LogP contribution < -0.4 is 10.5 Å². The lowest BCUT2D eigenvalue weighted by Gasteiger charge is -2.22. The first-order valence-electron chi connectivity index (χ1n) is 6.64. The van der Waals surface area contributed by atoms with Crippen LogP contribution in [0.1, 0.15) is 31.2 Å². The van der Waals surface area contributed by atoms with Crippen LogP contribution in [-0.2, 0) is 10.0 Å². The Labute approximate surface area is 131 Å². The molecule has 0 radical (unpaired) electrons. The minimum atomic E-state index is -3.69. The number of nitrogens with two attached hydrogens (primary N) is 1. The van der Waals surface area contributed by atoms with Gasteiger partial charge in [-0.25, -0.2) is 13.1 Å². The molecule has 116 valence electrons. The molecule has 0 bridgehead atoms. The minimum absolute atomic E-state index is 0. The number of nitrogens with one attached hydrogen (secondary N) is 1. The summed E-state index contributed by atoms with van der Waals surface area (Å²) in [5.41, 5.74) is 5.92. The molecule has 0 saturated heterocycles. The molecule has 1 saturated carbocycles. The number of nitrogens with zero attached hydrogens (tertiary/aromatic N) is 2. The standard InChI is InChI=1S/C13H18N4O2S.ClH/c14-6-10-5-12(9-16-8-10)20(18,19)17-13(7-15)11-3-1-2-4-11;/h5,8-9,11,13,17H,1-4,7,15H2;1H. The number of nitriles is 1. The zero-order valence-electron chi connectivity index (χ0n) is 11.5. The summed E-state index contributed by atoms with van der Waals surface area (Å²) in [6, 6.07) is 2.94. The van der Waals surface area contributed by atoms with E-state index in [1.54, 1.807) is 0 Å². The monoisotopic (exact) mass is 330 g/mol. The summed E-state index contributed by atoms with van der Waals surface area (Å²) in [6.45, 7) is 0.273. The van der Waals surface area contributed by atoms with E-state index in [9.17, 15) is 8.42 Å². The van der Waals surface area contributed by atoms with Gasteiger partial charge in [0.25, 0.3) is 0 Å². The number of hydrogen-bond donors (Lipinski definition) is 2. The van der Waals surface area contributed by atoms with Gasteiger partial charge in [0.1, 0.15) is 11.0 Å². The first-order chi connectivity index (χ1) is 9.56. The molecule has 2 rings (SSSR count). The summed E-state index contributed by atoms with van der Waals surface area (Å²) >= 11 is 0. The summed E-state index contributed by atoms with van der Waals surface area (Å²) in [6.07, 6.45) is 6.81. The molecule has 1 aromatic heterocycles. The van der Waals surface area contributed by atoms with Crippen molar-refractivity contribution in [1.82, 2.24) is 9.71 Å². The first kappa shape index (κ1) is 17.9. The van der Waals surface area contributed by atoms with Gasteiger partial charge in [-0.2, -0.15) is 5.26 Å². The SMILES string of the molecule is Cl.N#Cc1cncc(S(=O)(=O)NC(CN)C2CCCC2)c1. The maximum absolute atomic E-state index is 12.3. The van der Waals surface area contributed by atoms with Gasteiger partial charge in [0, 0.05) is 25.0 Å². The van der Waals surface area contributed by atoms with E-state index in [1.807, 2.05) is 6.07 Å². The number of halogens is 1. The Hall–Kier alpha value is -1.20. The van der Waals surface area contributed by atoms with Crippen LogP contribution in [0.2, 0.25) is 0 Å². The Morgan fingerprint density at radius 2 is 2.10 bits per heavy atom. The predicted molar refractivity (Wildman–Crippen MR) is 81.3 cm³/mol. The molecule has 21 heavy (non-hydrogen) atoms. The van der Waals surface area contributed by atoms with Crippen LogP contribution in [0.15, 0.2) is 23.4 Å². The molecule has 8 heteroatoms. The van der Waals surface area contributed by atoms with E-state index in [0.29, 0.717) is 5.92 Å². The molecule has 0 aliphatic heterocycles. The first-order valence-corrected chi connectivity index (χ1v) is 8.12. The molecule has 0 spiro atoms. The Kier molecular flexibility index (Phi) is 6.55. The van der Waals surface area contributed by atoms with Crippen molar-refractivity contribution in [2.45, 2.75) is 36.6 Å². The largest absolute Gasteiger partial charge is 0.329 e. The van der Waals surface area contributed by atoms with Crippen molar-refractivity contribution in [3.63, 3.8) is 0 Å². The molecule has 3 N–H and O–H groups in total. The van der Waals surface area contributed by atoms with E-state index < -0.39 is 10.0 Å². The van der Waals surface area contributed by atoms with Crippen LogP contribution >= 0.6 is 12.4 Å². The number of aromatic nitrogens is 1. The number of pyridine rings is 1. The maximum Gasteiger partial charge on any atom is 0.242 e. The molecule has 6 nitrogen and oxygen atoms in total. The lowest BCUT2D eigenvalue weighted by molar-refractivity contribution is 0.405. The third kappa shape index (κ3) is 4.38. The van der Waals surface area contributed by atoms with Crippen LogP contribution in [-0.4, -0.2) is 26.0 Å². The normalized spacial score (nSPS) is 17.0. The van der Waals surface area contributed by atoms with E-state index in [1.165, 1.54) is 18.5 Å². The summed E-state index contributed by atoms with van der Waals surface area (Å²) in [5.74, 6) is 0.293. The Bertz CT molecular complexity index is 609. The highest BCUT2D eigenvalue weighted by molar-refractivity contribution is 7.89. The highest BCUT2D eigenvalue weighted by Crippen LogP contribution is 2.28. The number of hydrogen-bond acceptors (Lipinski definition) is 5. The second kappa shape index (κ2) is 7.71. The molecular weight excluding hydrogens is 312 g/mol. The minimum Gasteiger partial charge on any atom is -0.329 e. The fourth-order valence-electron chi connectivity index (χ4n) is 2.59. The van der Waals surface area contributed by atoms with Crippen LogP contribution in [0.5, 0.6) is 0 Å². The molecule has 1 unspecified atom stereocenters. The van der Waals surface area contributed by atoms with Crippen LogP contribution in [0.25, 0.3) is 0 Å². The molecule has 1 aromatic rings. The van der Waals surface area contributed by atoms with Gasteiger partial charge in [-0.1, -0.05) is 12.8 Å². The number of rotatable bonds is 5. The lowest BCUT2D eigenvalue weighted by Crippen LogP contribution is -2.44. The van der Waals surface area contributed by atoms with Crippen molar-refractivity contribution in [3.05, 3.63) is 24.0 Å². The molecule has 0 amide bonds. The highest BCUT2D eigenvalue weighted by Gasteiger charge is 2.28. The van der Waals surface area contributed by atoms with Crippen molar-refractivity contribution < 1.29 is 8.42 Å². The predicted octanol–water partition coefficient (Wildman–Crippen LogP) is 1.17. The molecule has 1 heterocycles. The Morgan fingerprint density at radius 1 is 1.43 bits per heavy atom. The van der Waals surface area contributed by atoms with Crippen LogP contribution in [0.4, 0.5) is 0 Å². The second-order valence-corrected chi connectivity index (χ2v) is 6.74. The second-order valence-electron chi connectivity index (χ2n) is 5.03. The van der Waals surface area contributed by atoms with Crippen LogP contribution in [0.3, 0.4) is 0 Å². The number of sulfonamides is 1. The maximum atomic E-state index is 12.3. The van der Waals surface area contributed by atoms with E-state index >= 15 is 0 Å². The van der Waals surface area contributed by atoms with Gasteiger partial charge >= 0.3 is 0 Å². The summed E-state index contributed by atoms with van der Waals surface area (Å²) in [7, 11) is -3.69. The van der Waals surface area contributed by atoms with Gasteiger partial charge < -0.3 is 5.73 Å². The van der Waals surface area contributed by atoms with Gasteiger partial charge in [0.05, 0.1) is 5.56 Å². The summed E-state index contributed by atoms with van der Waals surface area (Å²) < 4.78 is 27.3. The van der Waals surface area contributed by atoms with E-state index in [-0.39, 0.29) is 35.5 Å². The molecule has 1 aliphatic rings. The van der Waals surface area contributed by atoms with Crippen molar-refractivity contribution >= 4 is 22.4 Å². The molecule has 1 fully saturated rings. The smallest absolute Gasteiger partial charge is 0.242 e. The van der Waals surface area contributed by atoms with E-state index in [2.05, 4.69) is 9.71 Å². The highest BCUT2D eigenvalue weighted by atomic mass is 35.5. The van der Waals surface area contributed by atoms with Crippen molar-refractivity contribution in [3.8, 4) is 6.07 Å². The zero-order chi connectivity index (χ0) is 14.6. The average Bonchev–Trinajstić information content (AvgIpc) is 2.99. The van der Waals surface area contributed by atoms with Crippen molar-refractivity contribution in [1.29, 1.82) is 5.26 Å². The summed E-state index contributed by atoms with van der Waals surface area (Å²) in [5, 5.41) is 8.80. The summed E-state index contributed by atoms with van der Waals surface area (Å²) in [4.78, 5) is 3.79. The van der Waals surface area contributed by atoms with Gasteiger partial charge in [0.2, 0.25) is 10.0 Å². The fraction of sp³-hybridized carbons (Fsp3) is 0.538. The Morgan fingerprint density at radius 3 is 2.67 bits per heavy atom. The van der Waals surface area contributed by atoms with Gasteiger partial charge in [-0.05, 0) is 24.8 Å². The fourth-order valence-corrected chi connectivity index (χ4v) is 3.90. The van der Waals surface area contributed by atoms with Gasteiger partial charge in [-0.3, -0.25) is 4.98 Å². The van der Waals surface area contributed by atoms with E-state index in [4.69, 9.17) is 11.0 Å². The van der Waals surface area contributed by atoms with Crippen LogP contribution in [0, 0.1) is 17.2 Å². The lowest BCUT2D eigenvalue weighted by atomic mass is 9.99. The molecule has 0 aromatic carbocycles. The molecule has 1 aliphatic carbocycles. The van der Waals surface area contributed by atoms with Crippen molar-refractivity contribution in [2.24, 2.45) is 11.7 Å². The third-order valence-corrected chi connectivity index (χ3v) is 5.14.